The lowest BCUT2D eigenvalue weighted by Gasteiger charge is -2.15. The summed E-state index contributed by atoms with van der Waals surface area (Å²) < 4.78 is 6.22. The maximum Gasteiger partial charge on any atom is 0.133 e. The summed E-state index contributed by atoms with van der Waals surface area (Å²) in [5, 5.41) is 3.52. The summed E-state index contributed by atoms with van der Waals surface area (Å²) in [6, 6.07) is 6.44. The summed E-state index contributed by atoms with van der Waals surface area (Å²) in [5.41, 5.74) is 4.23. The van der Waals surface area contributed by atoms with Gasteiger partial charge in [-0.05, 0) is 47.5 Å². The van der Waals surface area contributed by atoms with Crippen LogP contribution in [0.25, 0.3) is 0 Å². The number of halogens is 1. The molecule has 2 rings (SSSR count). The molecule has 0 fully saturated rings. The Morgan fingerprint density at radius 1 is 1.47 bits per heavy atom. The van der Waals surface area contributed by atoms with Crippen molar-refractivity contribution in [1.82, 2.24) is 10.3 Å². The van der Waals surface area contributed by atoms with E-state index in [2.05, 4.69) is 45.3 Å². The zero-order chi connectivity index (χ0) is 13.8. The fraction of sp³-hybridized carbons (Fsp3) is 0.357. The van der Waals surface area contributed by atoms with Gasteiger partial charge in [0.15, 0.2) is 0 Å². The molecule has 1 atom stereocenters. The van der Waals surface area contributed by atoms with Gasteiger partial charge in [-0.2, -0.15) is 0 Å². The fourth-order valence-corrected chi connectivity index (χ4v) is 3.10. The molecular formula is C14H17BrN2OS. The first kappa shape index (κ1) is 14.5. The minimum absolute atomic E-state index is 0.281. The smallest absolute Gasteiger partial charge is 0.133 e. The van der Waals surface area contributed by atoms with Gasteiger partial charge in [0.1, 0.15) is 5.75 Å². The van der Waals surface area contributed by atoms with E-state index in [0.29, 0.717) is 0 Å². The summed E-state index contributed by atoms with van der Waals surface area (Å²) in [6.07, 6.45) is 0. The van der Waals surface area contributed by atoms with Gasteiger partial charge < -0.3 is 10.1 Å². The molecule has 0 spiro atoms. The average molecular weight is 341 g/mol. The van der Waals surface area contributed by atoms with E-state index in [4.69, 9.17) is 4.74 Å². The SMILES string of the molecule is COc1ccc(C(C)NCc2scnc2C)cc1Br. The van der Waals surface area contributed by atoms with Crippen LogP contribution in [0, 0.1) is 6.92 Å². The summed E-state index contributed by atoms with van der Waals surface area (Å²) in [6.45, 7) is 5.05. The van der Waals surface area contributed by atoms with Gasteiger partial charge in [-0.3, -0.25) is 0 Å². The van der Waals surface area contributed by atoms with Crippen molar-refractivity contribution in [3.8, 4) is 5.75 Å². The van der Waals surface area contributed by atoms with Gasteiger partial charge in [-0.1, -0.05) is 6.07 Å². The number of nitrogens with one attached hydrogen (secondary N) is 1. The maximum absolute atomic E-state index is 5.24. The summed E-state index contributed by atoms with van der Waals surface area (Å²) in [4.78, 5) is 5.55. The average Bonchev–Trinajstić information content (AvgIpc) is 2.81. The highest BCUT2D eigenvalue weighted by molar-refractivity contribution is 9.10. The number of nitrogens with zero attached hydrogens (tertiary/aromatic N) is 1. The van der Waals surface area contributed by atoms with E-state index in [1.165, 1.54) is 10.4 Å². The zero-order valence-electron chi connectivity index (χ0n) is 11.2. The van der Waals surface area contributed by atoms with Crippen LogP contribution < -0.4 is 10.1 Å². The predicted molar refractivity (Wildman–Crippen MR) is 82.8 cm³/mol. The second-order valence-corrected chi connectivity index (χ2v) is 6.15. The number of aryl methyl sites for hydroxylation is 1. The highest BCUT2D eigenvalue weighted by atomic mass is 79.9. The summed E-state index contributed by atoms with van der Waals surface area (Å²) in [5.74, 6) is 0.856. The van der Waals surface area contributed by atoms with Crippen molar-refractivity contribution < 1.29 is 4.74 Å². The summed E-state index contributed by atoms with van der Waals surface area (Å²) in [7, 11) is 1.67. The van der Waals surface area contributed by atoms with Crippen LogP contribution in [0.5, 0.6) is 5.75 Å². The minimum Gasteiger partial charge on any atom is -0.496 e. The number of rotatable bonds is 5. The number of methoxy groups -OCH3 is 1. The molecule has 0 amide bonds. The lowest BCUT2D eigenvalue weighted by Crippen LogP contribution is -2.18. The van der Waals surface area contributed by atoms with E-state index in [1.54, 1.807) is 18.4 Å². The molecule has 1 aromatic carbocycles. The van der Waals surface area contributed by atoms with Crippen molar-refractivity contribution in [1.29, 1.82) is 0 Å². The van der Waals surface area contributed by atoms with Crippen LogP contribution in [0.2, 0.25) is 0 Å². The Balaban J connectivity index is 2.02. The van der Waals surface area contributed by atoms with E-state index in [-0.39, 0.29) is 6.04 Å². The molecule has 3 nitrogen and oxygen atoms in total. The molecule has 1 aromatic heterocycles. The second-order valence-electron chi connectivity index (χ2n) is 4.36. The van der Waals surface area contributed by atoms with E-state index < -0.39 is 0 Å². The molecule has 0 saturated heterocycles. The quantitative estimate of drug-likeness (QED) is 0.890. The third-order valence-electron chi connectivity index (χ3n) is 3.09. The Kier molecular flexibility index (Phi) is 4.96. The molecule has 0 aliphatic carbocycles. The van der Waals surface area contributed by atoms with Crippen molar-refractivity contribution in [2.24, 2.45) is 0 Å². The van der Waals surface area contributed by atoms with Gasteiger partial charge in [-0.25, -0.2) is 4.98 Å². The van der Waals surface area contributed by atoms with E-state index in [0.717, 1.165) is 22.5 Å². The van der Waals surface area contributed by atoms with Gasteiger partial charge in [0, 0.05) is 17.5 Å². The van der Waals surface area contributed by atoms with Crippen molar-refractivity contribution in [3.63, 3.8) is 0 Å². The van der Waals surface area contributed by atoms with Crippen LogP contribution in [0.3, 0.4) is 0 Å². The minimum atomic E-state index is 0.281. The molecular weight excluding hydrogens is 324 g/mol. The molecule has 0 saturated carbocycles. The topological polar surface area (TPSA) is 34.1 Å². The number of ether oxygens (including phenoxy) is 1. The van der Waals surface area contributed by atoms with Crippen molar-refractivity contribution >= 4 is 27.3 Å². The molecule has 0 radical (unpaired) electrons. The van der Waals surface area contributed by atoms with Crippen LogP contribution in [0.15, 0.2) is 28.2 Å². The molecule has 1 unspecified atom stereocenters. The molecule has 19 heavy (non-hydrogen) atoms. The first-order chi connectivity index (χ1) is 9.11. The van der Waals surface area contributed by atoms with Crippen LogP contribution in [-0.2, 0) is 6.54 Å². The monoisotopic (exact) mass is 340 g/mol. The Labute approximate surface area is 126 Å². The van der Waals surface area contributed by atoms with Crippen LogP contribution >= 0.6 is 27.3 Å². The molecule has 2 aromatic rings. The van der Waals surface area contributed by atoms with Gasteiger partial charge >= 0.3 is 0 Å². The fourth-order valence-electron chi connectivity index (χ4n) is 1.81. The number of hydrogen-bond acceptors (Lipinski definition) is 4. The second kappa shape index (κ2) is 6.50. The Morgan fingerprint density at radius 3 is 2.84 bits per heavy atom. The normalized spacial score (nSPS) is 12.4. The first-order valence-electron chi connectivity index (χ1n) is 6.07. The van der Waals surface area contributed by atoms with E-state index in [1.807, 2.05) is 18.5 Å². The number of hydrogen-bond donors (Lipinski definition) is 1. The van der Waals surface area contributed by atoms with Crippen LogP contribution in [-0.4, -0.2) is 12.1 Å². The third-order valence-corrected chi connectivity index (χ3v) is 4.64. The Bertz CT molecular complexity index is 556. The number of benzene rings is 1. The van der Waals surface area contributed by atoms with Crippen molar-refractivity contribution in [2.75, 3.05) is 7.11 Å². The summed E-state index contributed by atoms with van der Waals surface area (Å²) >= 11 is 5.21. The number of aromatic nitrogens is 1. The van der Waals surface area contributed by atoms with Crippen LogP contribution in [0.1, 0.15) is 29.1 Å². The molecule has 1 N–H and O–H groups in total. The molecule has 5 heteroatoms. The van der Waals surface area contributed by atoms with Crippen LogP contribution in [0.4, 0.5) is 0 Å². The highest BCUT2D eigenvalue weighted by Crippen LogP contribution is 2.28. The lowest BCUT2D eigenvalue weighted by atomic mass is 10.1. The first-order valence-corrected chi connectivity index (χ1v) is 7.75. The Hall–Kier alpha value is -0.910. The van der Waals surface area contributed by atoms with Gasteiger partial charge in [-0.15, -0.1) is 11.3 Å². The zero-order valence-corrected chi connectivity index (χ0v) is 13.6. The lowest BCUT2D eigenvalue weighted by molar-refractivity contribution is 0.411. The third kappa shape index (κ3) is 3.55. The van der Waals surface area contributed by atoms with Crippen molar-refractivity contribution in [3.05, 3.63) is 44.3 Å². The molecule has 0 aliphatic heterocycles. The molecule has 0 aliphatic rings. The van der Waals surface area contributed by atoms with Gasteiger partial charge in [0.25, 0.3) is 0 Å². The van der Waals surface area contributed by atoms with Gasteiger partial charge in [0.2, 0.25) is 0 Å². The largest absolute Gasteiger partial charge is 0.496 e. The predicted octanol–water partition coefficient (Wildman–Crippen LogP) is 4.07. The molecule has 0 bridgehead atoms. The maximum atomic E-state index is 5.24. The highest BCUT2D eigenvalue weighted by Gasteiger charge is 2.09. The van der Waals surface area contributed by atoms with Gasteiger partial charge in [0.05, 0.1) is 22.8 Å². The molecule has 1 heterocycles. The number of thiazole rings is 1. The van der Waals surface area contributed by atoms with E-state index in [9.17, 15) is 0 Å². The Morgan fingerprint density at radius 2 is 2.26 bits per heavy atom. The molecule has 102 valence electrons. The standard InChI is InChI=1S/C14H17BrN2OS/c1-9(16-7-14-10(2)17-8-19-14)11-4-5-13(18-3)12(15)6-11/h4-6,8-9,16H,7H2,1-3H3. The van der Waals surface area contributed by atoms with Crippen molar-refractivity contribution in [2.45, 2.75) is 26.4 Å². The van der Waals surface area contributed by atoms with E-state index >= 15 is 0 Å².